The molecule has 2 aromatic carbocycles. The van der Waals surface area contributed by atoms with Gasteiger partial charge in [-0.1, -0.05) is 24.3 Å². The van der Waals surface area contributed by atoms with Crippen molar-refractivity contribution in [1.82, 2.24) is 0 Å². The van der Waals surface area contributed by atoms with Crippen LogP contribution in [-0.2, 0) is 0 Å². The van der Waals surface area contributed by atoms with E-state index in [2.05, 4.69) is 0 Å². The van der Waals surface area contributed by atoms with E-state index in [1.807, 2.05) is 18.2 Å². The molecule has 2 rings (SSSR count). The van der Waals surface area contributed by atoms with Crippen LogP contribution in [0.25, 0.3) is 11.1 Å². The third-order valence-electron chi connectivity index (χ3n) is 2.57. The summed E-state index contributed by atoms with van der Waals surface area (Å²) in [4.78, 5) is 11.2. The number of hydrogen-bond acceptors (Lipinski definition) is 3. The number of anilines is 2. The summed E-state index contributed by atoms with van der Waals surface area (Å²) >= 11 is 0. The summed E-state index contributed by atoms with van der Waals surface area (Å²) in [6, 6.07) is 12.5. The number of nitrogen functional groups attached to an aromatic ring is 2. The molecule has 0 saturated heterocycles. The van der Waals surface area contributed by atoms with Gasteiger partial charge in [0.2, 0.25) is 0 Å². The van der Waals surface area contributed by atoms with E-state index in [1.54, 1.807) is 24.3 Å². The highest BCUT2D eigenvalue weighted by atomic mass is 16.1. The molecule has 0 fully saturated rings. The molecule has 0 spiro atoms. The number of carbonyl (C=O) groups excluding carboxylic acids is 1. The van der Waals surface area contributed by atoms with Gasteiger partial charge >= 0.3 is 0 Å². The van der Waals surface area contributed by atoms with Crippen molar-refractivity contribution < 1.29 is 4.79 Å². The number of para-hydroxylation sites is 1. The van der Waals surface area contributed by atoms with Crippen molar-refractivity contribution in [1.29, 1.82) is 0 Å². The molecule has 1 amide bonds. The van der Waals surface area contributed by atoms with Crippen LogP contribution in [0.2, 0.25) is 0 Å². The molecule has 17 heavy (non-hydrogen) atoms. The van der Waals surface area contributed by atoms with Crippen molar-refractivity contribution in [2.75, 3.05) is 11.5 Å². The summed E-state index contributed by atoms with van der Waals surface area (Å²) in [7, 11) is 0. The lowest BCUT2D eigenvalue weighted by Gasteiger charge is -2.09. The summed E-state index contributed by atoms with van der Waals surface area (Å²) in [6.45, 7) is 0. The third-order valence-corrected chi connectivity index (χ3v) is 2.57. The van der Waals surface area contributed by atoms with Crippen molar-refractivity contribution in [2.24, 2.45) is 5.73 Å². The summed E-state index contributed by atoms with van der Waals surface area (Å²) in [6.07, 6.45) is 0. The Morgan fingerprint density at radius 2 is 1.71 bits per heavy atom. The van der Waals surface area contributed by atoms with Crippen molar-refractivity contribution >= 4 is 17.3 Å². The fraction of sp³-hybridized carbons (Fsp3) is 0. The highest BCUT2D eigenvalue weighted by molar-refractivity contribution is 6.01. The number of hydrogen-bond donors (Lipinski definition) is 3. The van der Waals surface area contributed by atoms with Crippen LogP contribution in [0, 0.1) is 0 Å². The van der Waals surface area contributed by atoms with Gasteiger partial charge in [0.25, 0.3) is 5.91 Å². The molecule has 4 nitrogen and oxygen atoms in total. The molecule has 0 aromatic heterocycles. The Morgan fingerprint density at radius 3 is 2.35 bits per heavy atom. The van der Waals surface area contributed by atoms with Gasteiger partial charge in [0.05, 0.1) is 11.3 Å². The monoisotopic (exact) mass is 227 g/mol. The van der Waals surface area contributed by atoms with Crippen molar-refractivity contribution in [2.45, 2.75) is 0 Å². The first-order chi connectivity index (χ1) is 8.09. The molecule has 2 aromatic rings. The predicted octanol–water partition coefficient (Wildman–Crippen LogP) is 1.62. The first-order valence-electron chi connectivity index (χ1n) is 5.14. The highest BCUT2D eigenvalue weighted by Gasteiger charge is 2.10. The number of primary amides is 1. The molecule has 0 radical (unpaired) electrons. The SMILES string of the molecule is NC(=O)c1cccc(-c2cccc(N)c2)c1N. The first kappa shape index (κ1) is 11.0. The second kappa shape index (κ2) is 4.17. The predicted molar refractivity (Wildman–Crippen MR) is 69.2 cm³/mol. The van der Waals surface area contributed by atoms with Crippen molar-refractivity contribution in [3.8, 4) is 11.1 Å². The van der Waals surface area contributed by atoms with Crippen LogP contribution in [-0.4, -0.2) is 5.91 Å². The van der Waals surface area contributed by atoms with E-state index in [1.165, 1.54) is 0 Å². The molecule has 0 bridgehead atoms. The average Bonchev–Trinajstić information content (AvgIpc) is 2.29. The van der Waals surface area contributed by atoms with E-state index in [4.69, 9.17) is 17.2 Å². The minimum absolute atomic E-state index is 0.324. The number of nitrogens with two attached hydrogens (primary N) is 3. The molecule has 0 aliphatic heterocycles. The minimum atomic E-state index is -0.534. The van der Waals surface area contributed by atoms with Gasteiger partial charge in [-0.05, 0) is 23.8 Å². The van der Waals surface area contributed by atoms with E-state index < -0.39 is 5.91 Å². The molecule has 0 heterocycles. The Hall–Kier alpha value is -2.49. The van der Waals surface area contributed by atoms with Crippen molar-refractivity contribution in [3.63, 3.8) is 0 Å². The van der Waals surface area contributed by atoms with Crippen LogP contribution in [0.4, 0.5) is 11.4 Å². The summed E-state index contributed by atoms with van der Waals surface area (Å²) in [5.74, 6) is -0.534. The maximum Gasteiger partial charge on any atom is 0.250 e. The quantitative estimate of drug-likeness (QED) is 0.680. The van der Waals surface area contributed by atoms with Gasteiger partial charge in [-0.3, -0.25) is 4.79 Å². The Kier molecular flexibility index (Phi) is 2.70. The van der Waals surface area contributed by atoms with E-state index >= 15 is 0 Å². The number of amides is 1. The lowest BCUT2D eigenvalue weighted by molar-refractivity contribution is 0.100. The molecule has 0 unspecified atom stereocenters. The number of rotatable bonds is 2. The van der Waals surface area contributed by atoms with E-state index in [0.29, 0.717) is 16.9 Å². The van der Waals surface area contributed by atoms with E-state index in [9.17, 15) is 4.79 Å². The Morgan fingerprint density at radius 1 is 1.00 bits per heavy atom. The number of benzene rings is 2. The van der Waals surface area contributed by atoms with Crippen molar-refractivity contribution in [3.05, 3.63) is 48.0 Å². The summed E-state index contributed by atoms with van der Waals surface area (Å²) in [5, 5.41) is 0. The normalized spacial score (nSPS) is 10.1. The second-order valence-corrected chi connectivity index (χ2v) is 3.76. The van der Waals surface area contributed by atoms with E-state index in [0.717, 1.165) is 11.1 Å². The molecular weight excluding hydrogens is 214 g/mol. The topological polar surface area (TPSA) is 95.1 Å². The second-order valence-electron chi connectivity index (χ2n) is 3.76. The van der Waals surface area contributed by atoms with E-state index in [-0.39, 0.29) is 0 Å². The van der Waals surface area contributed by atoms with Crippen LogP contribution in [0.5, 0.6) is 0 Å². The lowest BCUT2D eigenvalue weighted by atomic mass is 10.00. The van der Waals surface area contributed by atoms with Crippen LogP contribution in [0.15, 0.2) is 42.5 Å². The first-order valence-corrected chi connectivity index (χ1v) is 5.14. The van der Waals surface area contributed by atoms with Crippen LogP contribution < -0.4 is 17.2 Å². The smallest absolute Gasteiger partial charge is 0.250 e. The molecule has 0 aliphatic rings. The molecule has 6 N–H and O–H groups in total. The average molecular weight is 227 g/mol. The third kappa shape index (κ3) is 2.06. The van der Waals surface area contributed by atoms with Crippen LogP contribution in [0.1, 0.15) is 10.4 Å². The molecule has 4 heteroatoms. The highest BCUT2D eigenvalue weighted by Crippen LogP contribution is 2.29. The van der Waals surface area contributed by atoms with Gasteiger partial charge in [0, 0.05) is 11.3 Å². The van der Waals surface area contributed by atoms with Gasteiger partial charge in [-0.15, -0.1) is 0 Å². The Labute approximate surface area is 99.0 Å². The Bertz CT molecular complexity index is 579. The maximum atomic E-state index is 11.2. The molecule has 86 valence electrons. The fourth-order valence-corrected chi connectivity index (χ4v) is 1.74. The van der Waals surface area contributed by atoms with Gasteiger partial charge in [-0.25, -0.2) is 0 Å². The molecule has 0 atom stereocenters. The molecular formula is C13H13N3O. The molecule has 0 saturated carbocycles. The zero-order valence-corrected chi connectivity index (χ0v) is 9.18. The summed E-state index contributed by atoms with van der Waals surface area (Å²) in [5.41, 5.74) is 19.9. The zero-order valence-electron chi connectivity index (χ0n) is 9.18. The molecule has 0 aliphatic carbocycles. The fourth-order valence-electron chi connectivity index (χ4n) is 1.74. The minimum Gasteiger partial charge on any atom is -0.399 e. The van der Waals surface area contributed by atoms with Crippen LogP contribution >= 0.6 is 0 Å². The Balaban J connectivity index is 2.60. The standard InChI is InChI=1S/C13H13N3O/c14-9-4-1-3-8(7-9)10-5-2-6-11(12(10)15)13(16)17/h1-7H,14-15H2,(H2,16,17). The van der Waals surface area contributed by atoms with Gasteiger partial charge in [0.15, 0.2) is 0 Å². The number of carbonyl (C=O) groups is 1. The zero-order chi connectivity index (χ0) is 12.4. The summed E-state index contributed by atoms with van der Waals surface area (Å²) < 4.78 is 0. The largest absolute Gasteiger partial charge is 0.399 e. The van der Waals surface area contributed by atoms with Gasteiger partial charge < -0.3 is 17.2 Å². The van der Waals surface area contributed by atoms with Crippen LogP contribution in [0.3, 0.4) is 0 Å². The van der Waals surface area contributed by atoms with Gasteiger partial charge in [0.1, 0.15) is 0 Å². The maximum absolute atomic E-state index is 11.2. The van der Waals surface area contributed by atoms with Gasteiger partial charge in [-0.2, -0.15) is 0 Å². The lowest BCUT2D eigenvalue weighted by Crippen LogP contribution is -2.13.